The van der Waals surface area contributed by atoms with Crippen molar-refractivity contribution in [2.45, 2.75) is 33.2 Å². The van der Waals surface area contributed by atoms with Crippen LogP contribution in [0, 0.1) is 5.41 Å². The topological polar surface area (TPSA) is 59.0 Å². The second-order valence-electron chi connectivity index (χ2n) is 6.28. The summed E-state index contributed by atoms with van der Waals surface area (Å²) >= 11 is 3.55. The van der Waals surface area contributed by atoms with E-state index >= 15 is 0 Å². The van der Waals surface area contributed by atoms with E-state index in [9.17, 15) is 9.90 Å². The monoisotopic (exact) mass is 385 g/mol. The van der Waals surface area contributed by atoms with Crippen LogP contribution in [-0.4, -0.2) is 42.8 Å². The number of aliphatic carboxylic acids is 1. The Balaban J connectivity index is 2.12. The summed E-state index contributed by atoms with van der Waals surface area (Å²) in [5.41, 5.74) is 0.429. The Morgan fingerprint density at radius 3 is 2.78 bits per heavy atom. The molecule has 1 unspecified atom stereocenters. The smallest absolute Gasteiger partial charge is 0.310 e. The lowest BCUT2D eigenvalue weighted by molar-refractivity contribution is -0.147. The zero-order valence-corrected chi connectivity index (χ0v) is 15.5. The van der Waals surface area contributed by atoms with Crippen LogP contribution in [0.3, 0.4) is 0 Å². The summed E-state index contributed by atoms with van der Waals surface area (Å²) in [5, 5.41) is 9.33. The predicted octanol–water partition coefficient (Wildman–Crippen LogP) is 3.54. The number of likely N-dealkylation sites (tertiary alicyclic amines) is 1. The lowest BCUT2D eigenvalue weighted by Gasteiger charge is -2.21. The molecule has 1 aliphatic heterocycles. The molecule has 0 saturated carbocycles. The number of nitrogens with zero attached hydrogens (tertiary/aromatic N) is 1. The SMILES string of the molecule is CCCOc1c(Br)cc(CN2CCC(C)(C(=O)O)C2)cc1OC. The Hall–Kier alpha value is -1.27. The first-order valence-electron chi connectivity index (χ1n) is 7.84. The van der Waals surface area contributed by atoms with Crippen molar-refractivity contribution in [1.82, 2.24) is 4.90 Å². The van der Waals surface area contributed by atoms with Gasteiger partial charge < -0.3 is 14.6 Å². The molecule has 0 amide bonds. The van der Waals surface area contributed by atoms with Gasteiger partial charge in [0.15, 0.2) is 11.5 Å². The number of benzene rings is 1. The molecule has 0 bridgehead atoms. The van der Waals surface area contributed by atoms with E-state index in [4.69, 9.17) is 9.47 Å². The summed E-state index contributed by atoms with van der Waals surface area (Å²) in [6.45, 7) is 6.56. The van der Waals surface area contributed by atoms with Gasteiger partial charge in [-0.3, -0.25) is 9.69 Å². The zero-order chi connectivity index (χ0) is 17.0. The molecular weight excluding hydrogens is 362 g/mol. The predicted molar refractivity (Wildman–Crippen MR) is 92.1 cm³/mol. The van der Waals surface area contributed by atoms with Crippen LogP contribution in [-0.2, 0) is 11.3 Å². The van der Waals surface area contributed by atoms with Gasteiger partial charge in [0, 0.05) is 13.1 Å². The molecule has 1 aromatic carbocycles. The van der Waals surface area contributed by atoms with Crippen molar-refractivity contribution in [3.8, 4) is 11.5 Å². The maximum Gasteiger partial charge on any atom is 0.310 e. The molecule has 0 aliphatic carbocycles. The van der Waals surface area contributed by atoms with Crippen molar-refractivity contribution in [3.63, 3.8) is 0 Å². The van der Waals surface area contributed by atoms with Crippen molar-refractivity contribution in [1.29, 1.82) is 0 Å². The first-order chi connectivity index (χ1) is 10.9. The Bertz CT molecular complexity index is 578. The van der Waals surface area contributed by atoms with Crippen molar-refractivity contribution in [2.75, 3.05) is 26.8 Å². The second kappa shape index (κ2) is 7.53. The molecule has 1 N–H and O–H groups in total. The fourth-order valence-corrected chi connectivity index (χ4v) is 3.44. The van der Waals surface area contributed by atoms with Gasteiger partial charge in [-0.1, -0.05) is 6.92 Å². The van der Waals surface area contributed by atoms with Crippen LogP contribution >= 0.6 is 15.9 Å². The van der Waals surface area contributed by atoms with Gasteiger partial charge in [0.1, 0.15) is 0 Å². The van der Waals surface area contributed by atoms with Gasteiger partial charge in [-0.05, 0) is 59.9 Å². The van der Waals surface area contributed by atoms with E-state index < -0.39 is 11.4 Å². The molecule has 0 radical (unpaired) electrons. The number of hydrogen-bond acceptors (Lipinski definition) is 4. The average molecular weight is 386 g/mol. The Labute approximate surface area is 145 Å². The fourth-order valence-electron chi connectivity index (χ4n) is 2.83. The van der Waals surface area contributed by atoms with Crippen LogP contribution < -0.4 is 9.47 Å². The summed E-state index contributed by atoms with van der Waals surface area (Å²) in [7, 11) is 1.63. The normalized spacial score (nSPS) is 21.4. The van der Waals surface area contributed by atoms with E-state index in [1.54, 1.807) is 7.11 Å². The highest BCUT2D eigenvalue weighted by Gasteiger charge is 2.40. The Morgan fingerprint density at radius 2 is 2.22 bits per heavy atom. The number of halogens is 1. The van der Waals surface area contributed by atoms with Crippen molar-refractivity contribution < 1.29 is 19.4 Å². The first-order valence-corrected chi connectivity index (χ1v) is 8.64. The number of carbonyl (C=O) groups is 1. The van der Waals surface area contributed by atoms with E-state index in [0.29, 0.717) is 31.9 Å². The molecule has 0 aromatic heterocycles. The van der Waals surface area contributed by atoms with E-state index in [-0.39, 0.29) is 0 Å². The number of rotatable bonds is 7. The summed E-state index contributed by atoms with van der Waals surface area (Å²) in [6.07, 6.45) is 1.61. The largest absolute Gasteiger partial charge is 0.493 e. The molecule has 1 atom stereocenters. The number of hydrogen-bond donors (Lipinski definition) is 1. The number of carboxylic acid groups (broad SMARTS) is 1. The van der Waals surface area contributed by atoms with Gasteiger partial charge in [-0.2, -0.15) is 0 Å². The zero-order valence-electron chi connectivity index (χ0n) is 13.9. The highest BCUT2D eigenvalue weighted by atomic mass is 79.9. The number of carboxylic acids is 1. The van der Waals surface area contributed by atoms with Crippen LogP contribution in [0.2, 0.25) is 0 Å². The minimum Gasteiger partial charge on any atom is -0.493 e. The number of methoxy groups -OCH3 is 1. The van der Waals surface area contributed by atoms with Gasteiger partial charge >= 0.3 is 5.97 Å². The van der Waals surface area contributed by atoms with Gasteiger partial charge in [0.25, 0.3) is 0 Å². The maximum absolute atomic E-state index is 11.4. The molecule has 5 nitrogen and oxygen atoms in total. The van der Waals surface area contributed by atoms with Gasteiger partial charge in [-0.15, -0.1) is 0 Å². The van der Waals surface area contributed by atoms with Crippen molar-refractivity contribution in [3.05, 3.63) is 22.2 Å². The lowest BCUT2D eigenvalue weighted by atomic mass is 9.90. The third kappa shape index (κ3) is 4.18. The molecular formula is C17H24BrNO4. The summed E-state index contributed by atoms with van der Waals surface area (Å²) < 4.78 is 12.0. The van der Waals surface area contributed by atoms with E-state index in [2.05, 4.69) is 27.8 Å². The highest BCUT2D eigenvalue weighted by molar-refractivity contribution is 9.10. The molecule has 2 rings (SSSR count). The fraction of sp³-hybridized carbons (Fsp3) is 0.588. The van der Waals surface area contributed by atoms with Crippen molar-refractivity contribution >= 4 is 21.9 Å². The summed E-state index contributed by atoms with van der Waals surface area (Å²) in [5.74, 6) is 0.694. The van der Waals surface area contributed by atoms with Gasteiger partial charge in [0.05, 0.1) is 23.6 Å². The van der Waals surface area contributed by atoms with Crippen LogP contribution in [0.5, 0.6) is 11.5 Å². The maximum atomic E-state index is 11.4. The van der Waals surface area contributed by atoms with Gasteiger partial charge in [-0.25, -0.2) is 0 Å². The molecule has 1 aromatic rings. The van der Waals surface area contributed by atoms with Crippen LogP contribution in [0.15, 0.2) is 16.6 Å². The summed E-state index contributed by atoms with van der Waals surface area (Å²) in [4.78, 5) is 13.5. The van der Waals surface area contributed by atoms with E-state index in [1.165, 1.54) is 0 Å². The molecule has 0 spiro atoms. The van der Waals surface area contributed by atoms with Crippen molar-refractivity contribution in [2.24, 2.45) is 5.41 Å². The molecule has 1 fully saturated rings. The minimum absolute atomic E-state index is 0.566. The van der Waals surface area contributed by atoms with Crippen LogP contribution in [0.4, 0.5) is 0 Å². The Morgan fingerprint density at radius 1 is 1.48 bits per heavy atom. The average Bonchev–Trinajstić information content (AvgIpc) is 2.88. The highest BCUT2D eigenvalue weighted by Crippen LogP contribution is 2.38. The van der Waals surface area contributed by atoms with Crippen LogP contribution in [0.25, 0.3) is 0 Å². The molecule has 6 heteroatoms. The van der Waals surface area contributed by atoms with Gasteiger partial charge in [0.2, 0.25) is 0 Å². The molecule has 23 heavy (non-hydrogen) atoms. The minimum atomic E-state index is -0.720. The number of ether oxygens (including phenoxy) is 2. The molecule has 128 valence electrons. The molecule has 1 saturated heterocycles. The van der Waals surface area contributed by atoms with E-state index in [1.807, 2.05) is 19.1 Å². The third-order valence-corrected chi connectivity index (χ3v) is 4.80. The standard InChI is InChI=1S/C17H24BrNO4/c1-4-7-23-15-13(18)8-12(9-14(15)22-3)10-19-6-5-17(2,11-19)16(20)21/h8-9H,4-7,10-11H2,1-3H3,(H,20,21). The third-order valence-electron chi connectivity index (χ3n) is 4.21. The molecule has 1 heterocycles. The van der Waals surface area contributed by atoms with E-state index in [0.717, 1.165) is 28.8 Å². The summed E-state index contributed by atoms with van der Waals surface area (Å²) in [6, 6.07) is 3.98. The molecule has 1 aliphatic rings. The second-order valence-corrected chi connectivity index (χ2v) is 7.14. The lowest BCUT2D eigenvalue weighted by Crippen LogP contribution is -2.31. The quantitative estimate of drug-likeness (QED) is 0.777. The first kappa shape index (κ1) is 18.1. The van der Waals surface area contributed by atoms with Crippen LogP contribution in [0.1, 0.15) is 32.3 Å². The Kier molecular flexibility index (Phi) is 5.92.